The number of rotatable bonds is 7. The number of nitrogens with one attached hydrogen (secondary N) is 1. The normalized spacial score (nSPS) is 12.0. The van der Waals surface area contributed by atoms with E-state index < -0.39 is 23.0 Å². The molecule has 0 unspecified atom stereocenters. The van der Waals surface area contributed by atoms with Crippen LogP contribution < -0.4 is 11.1 Å². The maximum absolute atomic E-state index is 13.7. The molecule has 0 bridgehead atoms. The van der Waals surface area contributed by atoms with E-state index in [2.05, 4.69) is 4.98 Å². The number of aromatic nitrogens is 2. The summed E-state index contributed by atoms with van der Waals surface area (Å²) in [6, 6.07) is 13.0. The van der Waals surface area contributed by atoms with E-state index in [1.807, 2.05) is 19.1 Å². The summed E-state index contributed by atoms with van der Waals surface area (Å²) in [6.45, 7) is 3.77. The average molecular weight is 505 g/mol. The molecule has 0 saturated heterocycles. The minimum Gasteiger partial charge on any atom is -0.507 e. The Morgan fingerprint density at radius 2 is 1.73 bits per heavy atom. The molecule has 9 nitrogen and oxygen atoms in total. The molecular formula is C28H28N2O7. The zero-order valence-electron chi connectivity index (χ0n) is 20.7. The standard InChI is InChI=1S/C28H28N2O7/c1-15-4-6-21-18(10-15)13-20(27(35)29-21)19(14-25(34)37-3)26-24(33)11-16(2)30(28(26)36)9-8-17-5-7-22(31)23(32)12-17/h4-7,10-13,19,31-33H,8-9,14H2,1-3H3,(H,29,35)/t19-/m0/s1. The average Bonchev–Trinajstić information content (AvgIpc) is 2.85. The Morgan fingerprint density at radius 3 is 2.43 bits per heavy atom. The fourth-order valence-electron chi connectivity index (χ4n) is 4.56. The molecule has 2 aromatic carbocycles. The van der Waals surface area contributed by atoms with Gasteiger partial charge in [0.2, 0.25) is 0 Å². The molecule has 0 aliphatic heterocycles. The van der Waals surface area contributed by atoms with E-state index in [9.17, 15) is 29.7 Å². The van der Waals surface area contributed by atoms with E-state index in [0.717, 1.165) is 10.9 Å². The Balaban J connectivity index is 1.84. The molecule has 1 atom stereocenters. The van der Waals surface area contributed by atoms with E-state index in [-0.39, 0.29) is 41.3 Å². The first-order valence-electron chi connectivity index (χ1n) is 11.7. The highest BCUT2D eigenvalue weighted by Gasteiger charge is 2.29. The third-order valence-corrected chi connectivity index (χ3v) is 6.54. The molecule has 0 aliphatic carbocycles. The van der Waals surface area contributed by atoms with E-state index in [4.69, 9.17) is 4.74 Å². The van der Waals surface area contributed by atoms with Crippen LogP contribution in [0.3, 0.4) is 0 Å². The van der Waals surface area contributed by atoms with Gasteiger partial charge in [0.05, 0.1) is 19.1 Å². The molecular weight excluding hydrogens is 476 g/mol. The third-order valence-electron chi connectivity index (χ3n) is 6.54. The van der Waals surface area contributed by atoms with Gasteiger partial charge < -0.3 is 29.6 Å². The van der Waals surface area contributed by atoms with Crippen molar-refractivity contribution in [3.63, 3.8) is 0 Å². The van der Waals surface area contributed by atoms with Crippen molar-refractivity contribution >= 4 is 16.9 Å². The molecule has 4 aromatic rings. The van der Waals surface area contributed by atoms with E-state index in [1.165, 1.54) is 29.9 Å². The first-order valence-corrected chi connectivity index (χ1v) is 11.7. The second-order valence-electron chi connectivity index (χ2n) is 9.09. The van der Waals surface area contributed by atoms with Crippen molar-refractivity contribution in [3.8, 4) is 17.2 Å². The molecule has 0 fully saturated rings. The molecule has 0 aliphatic rings. The highest BCUT2D eigenvalue weighted by Crippen LogP contribution is 2.32. The van der Waals surface area contributed by atoms with Gasteiger partial charge in [-0.15, -0.1) is 0 Å². The van der Waals surface area contributed by atoms with Crippen LogP contribution >= 0.6 is 0 Å². The Labute approximate surface area is 212 Å². The van der Waals surface area contributed by atoms with Crippen LogP contribution in [0.2, 0.25) is 0 Å². The smallest absolute Gasteiger partial charge is 0.306 e. The van der Waals surface area contributed by atoms with Gasteiger partial charge in [-0.05, 0) is 67.6 Å². The Kier molecular flexibility index (Phi) is 7.06. The van der Waals surface area contributed by atoms with E-state index in [0.29, 0.717) is 23.2 Å². The molecule has 0 radical (unpaired) electrons. The SMILES string of the molecule is COC(=O)C[C@@H](c1cc2cc(C)ccc2[nH]c1=O)c1c(O)cc(C)n(CCc2ccc(O)c(O)c2)c1=O. The van der Waals surface area contributed by atoms with Crippen LogP contribution in [0.1, 0.15) is 40.3 Å². The maximum atomic E-state index is 13.7. The molecule has 4 N–H and O–H groups in total. The summed E-state index contributed by atoms with van der Waals surface area (Å²) >= 11 is 0. The van der Waals surface area contributed by atoms with Gasteiger partial charge in [-0.1, -0.05) is 17.7 Å². The fraction of sp³-hybridized carbons (Fsp3) is 0.250. The second kappa shape index (κ2) is 10.2. The van der Waals surface area contributed by atoms with Crippen molar-refractivity contribution in [3.05, 3.63) is 97.2 Å². The van der Waals surface area contributed by atoms with Crippen LogP contribution in [0.25, 0.3) is 10.9 Å². The van der Waals surface area contributed by atoms with Crippen molar-refractivity contribution in [1.29, 1.82) is 0 Å². The molecule has 9 heteroatoms. The number of nitrogens with zero attached hydrogens (tertiary/aromatic N) is 1. The Bertz CT molecular complexity index is 1620. The number of hydrogen-bond acceptors (Lipinski definition) is 7. The first kappa shape index (κ1) is 25.6. The van der Waals surface area contributed by atoms with Crippen molar-refractivity contribution < 1.29 is 24.9 Å². The molecule has 37 heavy (non-hydrogen) atoms. The van der Waals surface area contributed by atoms with Crippen molar-refractivity contribution in [1.82, 2.24) is 9.55 Å². The minimum absolute atomic E-state index is 0.0814. The molecule has 2 aromatic heterocycles. The molecule has 0 saturated carbocycles. The Hall–Kier alpha value is -4.53. The van der Waals surface area contributed by atoms with Gasteiger partial charge >= 0.3 is 5.97 Å². The number of aryl methyl sites for hydroxylation is 3. The van der Waals surface area contributed by atoms with Gasteiger partial charge in [-0.3, -0.25) is 14.4 Å². The predicted molar refractivity (Wildman–Crippen MR) is 138 cm³/mol. The first-order chi connectivity index (χ1) is 17.6. The van der Waals surface area contributed by atoms with Crippen molar-refractivity contribution in [2.75, 3.05) is 7.11 Å². The summed E-state index contributed by atoms with van der Waals surface area (Å²) < 4.78 is 6.29. The number of benzene rings is 2. The molecule has 2 heterocycles. The van der Waals surface area contributed by atoms with Crippen LogP contribution in [-0.2, 0) is 22.5 Å². The quantitative estimate of drug-likeness (QED) is 0.223. The highest BCUT2D eigenvalue weighted by molar-refractivity contribution is 5.80. The summed E-state index contributed by atoms with van der Waals surface area (Å²) in [4.78, 5) is 42.0. The second-order valence-corrected chi connectivity index (χ2v) is 9.09. The number of phenolic OH excluding ortho intramolecular Hbond substituents is 2. The number of carbonyl (C=O) groups excluding carboxylic acids is 1. The van der Waals surface area contributed by atoms with Gasteiger partial charge in [-0.2, -0.15) is 0 Å². The molecule has 0 spiro atoms. The van der Waals surface area contributed by atoms with Gasteiger partial charge in [0.25, 0.3) is 11.1 Å². The molecule has 0 amide bonds. The lowest BCUT2D eigenvalue weighted by atomic mass is 9.88. The number of ether oxygens (including phenoxy) is 1. The van der Waals surface area contributed by atoms with Crippen LogP contribution in [0, 0.1) is 13.8 Å². The number of H-pyrrole nitrogens is 1. The number of esters is 1. The van der Waals surface area contributed by atoms with E-state index in [1.54, 1.807) is 25.1 Å². The zero-order valence-corrected chi connectivity index (χ0v) is 20.7. The fourth-order valence-corrected chi connectivity index (χ4v) is 4.56. The number of carbonyl (C=O) groups is 1. The van der Waals surface area contributed by atoms with Crippen LogP contribution in [0.4, 0.5) is 0 Å². The number of aromatic hydroxyl groups is 3. The number of pyridine rings is 2. The number of phenols is 2. The molecule has 192 valence electrons. The topological polar surface area (TPSA) is 142 Å². The lowest BCUT2D eigenvalue weighted by Crippen LogP contribution is -2.31. The van der Waals surface area contributed by atoms with E-state index >= 15 is 0 Å². The zero-order chi connectivity index (χ0) is 26.9. The Morgan fingerprint density at radius 1 is 0.973 bits per heavy atom. The van der Waals surface area contributed by atoms with Crippen LogP contribution in [0.5, 0.6) is 17.2 Å². The molecule has 4 rings (SSSR count). The number of methoxy groups -OCH3 is 1. The highest BCUT2D eigenvalue weighted by atomic mass is 16.5. The summed E-state index contributed by atoms with van der Waals surface area (Å²) in [5.41, 5.74) is 1.80. The van der Waals surface area contributed by atoms with Gasteiger partial charge in [0.1, 0.15) is 5.75 Å². The number of hydrogen-bond donors (Lipinski definition) is 4. The summed E-state index contributed by atoms with van der Waals surface area (Å²) in [7, 11) is 1.22. The van der Waals surface area contributed by atoms with Crippen LogP contribution in [0.15, 0.2) is 58.1 Å². The van der Waals surface area contributed by atoms with Crippen molar-refractivity contribution in [2.45, 2.75) is 39.2 Å². The minimum atomic E-state index is -1.06. The van der Waals surface area contributed by atoms with Gasteiger partial charge in [0, 0.05) is 29.2 Å². The van der Waals surface area contributed by atoms with Gasteiger partial charge in [0.15, 0.2) is 11.5 Å². The largest absolute Gasteiger partial charge is 0.507 e. The third kappa shape index (κ3) is 5.20. The summed E-state index contributed by atoms with van der Waals surface area (Å²) in [6.07, 6.45) is 0.0188. The lowest BCUT2D eigenvalue weighted by molar-refractivity contribution is -0.140. The number of aromatic amines is 1. The lowest BCUT2D eigenvalue weighted by Gasteiger charge is -2.20. The summed E-state index contributed by atoms with van der Waals surface area (Å²) in [5, 5.41) is 30.9. The van der Waals surface area contributed by atoms with Crippen molar-refractivity contribution in [2.24, 2.45) is 0 Å². The summed E-state index contributed by atoms with van der Waals surface area (Å²) in [5.74, 6) is -2.53. The monoisotopic (exact) mass is 504 g/mol. The predicted octanol–water partition coefficient (Wildman–Crippen LogP) is 3.36. The van der Waals surface area contributed by atoms with Crippen LogP contribution in [-0.4, -0.2) is 37.9 Å². The van der Waals surface area contributed by atoms with Gasteiger partial charge in [-0.25, -0.2) is 0 Å². The number of fused-ring (bicyclic) bond motifs is 1. The maximum Gasteiger partial charge on any atom is 0.306 e.